The number of esters is 1. The lowest BCUT2D eigenvalue weighted by Gasteiger charge is -2.11. The van der Waals surface area contributed by atoms with Crippen molar-refractivity contribution in [3.05, 3.63) is 60.2 Å². The van der Waals surface area contributed by atoms with Gasteiger partial charge in [0.05, 0.1) is 5.56 Å². The average Bonchev–Trinajstić information content (AvgIpc) is 2.50. The first-order chi connectivity index (χ1) is 10.0. The van der Waals surface area contributed by atoms with Gasteiger partial charge in [-0.3, -0.25) is 0 Å². The quantitative estimate of drug-likeness (QED) is 0.504. The summed E-state index contributed by atoms with van der Waals surface area (Å²) in [5.74, 6) is -2.33. The second kappa shape index (κ2) is 6.76. The first kappa shape index (κ1) is 15.6. The first-order valence-corrected chi connectivity index (χ1v) is 7.47. The van der Waals surface area contributed by atoms with Crippen molar-refractivity contribution in [2.24, 2.45) is 0 Å². The summed E-state index contributed by atoms with van der Waals surface area (Å²) >= 11 is 0. The van der Waals surface area contributed by atoms with Crippen molar-refractivity contribution in [1.29, 1.82) is 0 Å². The molecule has 0 fully saturated rings. The lowest BCUT2D eigenvalue weighted by atomic mass is 10.0. The number of carbonyl (C=O) groups is 1. The van der Waals surface area contributed by atoms with E-state index in [0.717, 1.165) is 5.39 Å². The van der Waals surface area contributed by atoms with Crippen molar-refractivity contribution in [2.75, 3.05) is 6.61 Å². The van der Waals surface area contributed by atoms with Crippen LogP contribution in [0, 0.1) is 0 Å². The van der Waals surface area contributed by atoms with E-state index in [1.165, 1.54) is 18.2 Å². The van der Waals surface area contributed by atoms with Gasteiger partial charge in [0.15, 0.2) is 5.91 Å². The van der Waals surface area contributed by atoms with Crippen LogP contribution in [0.5, 0.6) is 0 Å². The highest BCUT2D eigenvalue weighted by molar-refractivity contribution is 7.45. The van der Waals surface area contributed by atoms with Gasteiger partial charge in [0.1, 0.15) is 6.61 Å². The number of hydrogen-bond donors (Lipinski definition) is 2. The maximum atomic E-state index is 13.6. The Balaban J connectivity index is 2.36. The highest BCUT2D eigenvalue weighted by Crippen LogP contribution is 2.45. The van der Waals surface area contributed by atoms with Crippen LogP contribution in [0.3, 0.4) is 0 Å². The molecule has 1 atom stereocenters. The summed E-state index contributed by atoms with van der Waals surface area (Å²) in [6.07, 6.45) is 1.47. The molecule has 2 rings (SSSR count). The summed E-state index contributed by atoms with van der Waals surface area (Å²) in [5.41, 5.74) is 0.502. The van der Waals surface area contributed by atoms with E-state index in [1.54, 1.807) is 24.3 Å². The van der Waals surface area contributed by atoms with Gasteiger partial charge in [-0.2, -0.15) is 0 Å². The fourth-order valence-corrected chi connectivity index (χ4v) is 2.32. The third-order valence-electron chi connectivity index (χ3n) is 2.91. The Bertz CT molecular complexity index is 672. The minimum atomic E-state index is -2.69. The number of hydrogen-bond acceptors (Lipinski definition) is 4. The molecule has 2 aromatic rings. The SMILES string of the molecule is C=CCOC(=O)c1ccc2ccc([C@@H](F)P(O)O)cc2c1. The Kier molecular flexibility index (Phi) is 5.02. The van der Waals surface area contributed by atoms with E-state index in [9.17, 15) is 9.18 Å². The maximum Gasteiger partial charge on any atom is 0.338 e. The second-order valence-electron chi connectivity index (χ2n) is 4.36. The minimum absolute atomic E-state index is 0.114. The summed E-state index contributed by atoms with van der Waals surface area (Å²) in [4.78, 5) is 29.6. The molecule has 0 aliphatic heterocycles. The lowest BCUT2D eigenvalue weighted by molar-refractivity contribution is 0.0550. The number of rotatable bonds is 5. The van der Waals surface area contributed by atoms with E-state index in [2.05, 4.69) is 6.58 Å². The number of fused-ring (bicyclic) bond motifs is 1. The number of halogens is 1. The minimum Gasteiger partial charge on any atom is -0.458 e. The van der Waals surface area contributed by atoms with E-state index in [4.69, 9.17) is 14.5 Å². The molecule has 2 aromatic carbocycles. The van der Waals surface area contributed by atoms with Crippen LogP contribution in [0.25, 0.3) is 10.8 Å². The molecule has 2 N–H and O–H groups in total. The molecule has 0 heterocycles. The number of benzene rings is 2. The molecule has 6 heteroatoms. The summed E-state index contributed by atoms with van der Waals surface area (Å²) in [6, 6.07) is 9.56. The molecular formula is C15H14FO4P. The van der Waals surface area contributed by atoms with Crippen LogP contribution in [0.15, 0.2) is 49.1 Å². The molecule has 0 unspecified atom stereocenters. The molecule has 4 nitrogen and oxygen atoms in total. The third kappa shape index (κ3) is 3.64. The highest BCUT2D eigenvalue weighted by atomic mass is 31.2. The van der Waals surface area contributed by atoms with Gasteiger partial charge in [0.25, 0.3) is 0 Å². The van der Waals surface area contributed by atoms with E-state index in [0.29, 0.717) is 10.9 Å². The van der Waals surface area contributed by atoms with Crippen LogP contribution in [0.1, 0.15) is 21.8 Å². The smallest absolute Gasteiger partial charge is 0.338 e. The van der Waals surface area contributed by atoms with E-state index < -0.39 is 20.3 Å². The molecule has 0 saturated heterocycles. The average molecular weight is 308 g/mol. The fourth-order valence-electron chi connectivity index (χ4n) is 1.89. The molecule has 21 heavy (non-hydrogen) atoms. The Morgan fingerprint density at radius 3 is 2.67 bits per heavy atom. The van der Waals surface area contributed by atoms with Crippen molar-refractivity contribution in [1.82, 2.24) is 0 Å². The van der Waals surface area contributed by atoms with Gasteiger partial charge in [-0.25, -0.2) is 9.18 Å². The first-order valence-electron chi connectivity index (χ1n) is 6.15. The zero-order valence-electron chi connectivity index (χ0n) is 11.1. The van der Waals surface area contributed by atoms with Crippen molar-refractivity contribution >= 4 is 25.1 Å². The zero-order valence-corrected chi connectivity index (χ0v) is 12.0. The van der Waals surface area contributed by atoms with Gasteiger partial charge in [0.2, 0.25) is 8.38 Å². The molecule has 0 saturated carbocycles. The van der Waals surface area contributed by atoms with Crippen LogP contribution < -0.4 is 0 Å². The highest BCUT2D eigenvalue weighted by Gasteiger charge is 2.19. The molecule has 0 aliphatic rings. The topological polar surface area (TPSA) is 66.8 Å². The standard InChI is InChI=1S/C15H14FO4P/c1-2-7-20-15(17)12-6-4-10-3-5-11(8-13(10)9-12)14(16)21(18)19/h2-6,8-9,14,18-19H,1,7H2/t14-/m0/s1. The van der Waals surface area contributed by atoms with Crippen LogP contribution in [0.4, 0.5) is 4.39 Å². The number of ether oxygens (including phenoxy) is 1. The largest absolute Gasteiger partial charge is 0.458 e. The predicted octanol–water partition coefficient (Wildman–Crippen LogP) is 3.45. The van der Waals surface area contributed by atoms with E-state index in [1.807, 2.05) is 0 Å². The van der Waals surface area contributed by atoms with Crippen LogP contribution >= 0.6 is 8.38 Å². The molecule has 0 radical (unpaired) electrons. The Morgan fingerprint density at radius 2 is 2.00 bits per heavy atom. The van der Waals surface area contributed by atoms with Crippen LogP contribution in [-0.4, -0.2) is 22.4 Å². The molecule has 110 valence electrons. The summed E-state index contributed by atoms with van der Waals surface area (Å²) < 4.78 is 18.6. The molecule has 0 aromatic heterocycles. The summed E-state index contributed by atoms with van der Waals surface area (Å²) in [6.45, 7) is 3.57. The van der Waals surface area contributed by atoms with E-state index in [-0.39, 0.29) is 12.2 Å². The van der Waals surface area contributed by atoms with Crippen molar-refractivity contribution in [3.63, 3.8) is 0 Å². The summed E-state index contributed by atoms with van der Waals surface area (Å²) in [7, 11) is -2.69. The van der Waals surface area contributed by atoms with Crippen LogP contribution in [0.2, 0.25) is 0 Å². The van der Waals surface area contributed by atoms with Gasteiger partial charge < -0.3 is 14.5 Å². The van der Waals surface area contributed by atoms with Crippen molar-refractivity contribution in [2.45, 2.75) is 5.91 Å². The maximum absolute atomic E-state index is 13.6. The van der Waals surface area contributed by atoms with Gasteiger partial charge in [-0.15, -0.1) is 0 Å². The zero-order chi connectivity index (χ0) is 15.4. The number of carbonyl (C=O) groups excluding carboxylic acids is 1. The van der Waals surface area contributed by atoms with E-state index >= 15 is 0 Å². The normalized spacial score (nSPS) is 12.4. The van der Waals surface area contributed by atoms with Crippen molar-refractivity contribution in [3.8, 4) is 0 Å². The molecular weight excluding hydrogens is 294 g/mol. The predicted molar refractivity (Wildman–Crippen MR) is 79.6 cm³/mol. The molecule has 0 spiro atoms. The van der Waals surface area contributed by atoms with Gasteiger partial charge in [-0.1, -0.05) is 30.9 Å². The lowest BCUT2D eigenvalue weighted by Crippen LogP contribution is -2.04. The van der Waals surface area contributed by atoms with Gasteiger partial charge in [-0.05, 0) is 34.5 Å². The van der Waals surface area contributed by atoms with Crippen LogP contribution in [-0.2, 0) is 4.74 Å². The Hall–Kier alpha value is -1.81. The molecule has 0 amide bonds. The Labute approximate surface area is 122 Å². The third-order valence-corrected chi connectivity index (χ3v) is 3.61. The monoisotopic (exact) mass is 308 g/mol. The van der Waals surface area contributed by atoms with Gasteiger partial charge >= 0.3 is 5.97 Å². The molecule has 0 aliphatic carbocycles. The van der Waals surface area contributed by atoms with Gasteiger partial charge in [0, 0.05) is 0 Å². The fraction of sp³-hybridized carbons (Fsp3) is 0.133. The summed E-state index contributed by atoms with van der Waals surface area (Å²) in [5, 5.41) is 1.44. The number of alkyl halides is 1. The second-order valence-corrected chi connectivity index (χ2v) is 5.46. The molecule has 0 bridgehead atoms. The Morgan fingerprint density at radius 1 is 1.29 bits per heavy atom. The van der Waals surface area contributed by atoms with Crippen molar-refractivity contribution < 1.29 is 23.7 Å².